The van der Waals surface area contributed by atoms with Crippen molar-refractivity contribution in [3.63, 3.8) is 0 Å². The van der Waals surface area contributed by atoms with Gasteiger partial charge in [-0.05, 0) is 13.8 Å². The van der Waals surface area contributed by atoms with Crippen molar-refractivity contribution in [2.24, 2.45) is 0 Å². The Bertz CT molecular complexity index is 124. The molecule has 0 fully saturated rings. The summed E-state index contributed by atoms with van der Waals surface area (Å²) in [5.41, 5.74) is 0. The summed E-state index contributed by atoms with van der Waals surface area (Å²) >= 11 is 5.36. The molecule has 0 N–H and O–H groups in total. The highest BCUT2D eigenvalue weighted by molar-refractivity contribution is 6.18. The Hall–Kier alpha value is 0.0400. The van der Waals surface area contributed by atoms with Crippen molar-refractivity contribution in [2.75, 3.05) is 19.0 Å². The SMILES string of the molecule is CC(C)N(CCCl)CC(F)(F)F. The second-order valence-corrected chi connectivity index (χ2v) is 3.25. The number of hydrogen-bond acceptors (Lipinski definition) is 1. The van der Waals surface area contributed by atoms with E-state index in [-0.39, 0.29) is 18.5 Å². The molecule has 0 radical (unpaired) electrons. The number of nitrogens with zero attached hydrogens (tertiary/aromatic N) is 1. The summed E-state index contributed by atoms with van der Waals surface area (Å²) < 4.78 is 35.7. The second kappa shape index (κ2) is 4.92. The number of rotatable bonds is 4. The summed E-state index contributed by atoms with van der Waals surface area (Å²) in [4.78, 5) is 1.30. The van der Waals surface area contributed by atoms with Gasteiger partial charge in [0.25, 0.3) is 0 Å². The molecule has 5 heteroatoms. The molecule has 0 saturated carbocycles. The highest BCUT2D eigenvalue weighted by atomic mass is 35.5. The van der Waals surface area contributed by atoms with Gasteiger partial charge < -0.3 is 0 Å². The van der Waals surface area contributed by atoms with E-state index in [1.54, 1.807) is 13.8 Å². The Kier molecular flexibility index (Phi) is 4.94. The molecule has 0 aliphatic heterocycles. The fraction of sp³-hybridized carbons (Fsp3) is 1.00. The van der Waals surface area contributed by atoms with Gasteiger partial charge in [0.15, 0.2) is 0 Å². The van der Waals surface area contributed by atoms with Gasteiger partial charge in [0.2, 0.25) is 0 Å². The lowest BCUT2D eigenvalue weighted by Gasteiger charge is -2.26. The first kappa shape index (κ1) is 12.0. The molecular formula is C7H13ClF3N. The topological polar surface area (TPSA) is 3.24 Å². The van der Waals surface area contributed by atoms with Crippen LogP contribution in [0.1, 0.15) is 13.8 Å². The normalized spacial score (nSPS) is 13.0. The van der Waals surface area contributed by atoms with Crippen LogP contribution in [0.25, 0.3) is 0 Å². The summed E-state index contributed by atoms with van der Waals surface area (Å²) in [6.45, 7) is 2.84. The number of alkyl halides is 4. The van der Waals surface area contributed by atoms with E-state index in [0.717, 1.165) is 0 Å². The van der Waals surface area contributed by atoms with Crippen molar-refractivity contribution in [1.29, 1.82) is 0 Å². The van der Waals surface area contributed by atoms with Crippen LogP contribution in [0.5, 0.6) is 0 Å². The van der Waals surface area contributed by atoms with Crippen molar-refractivity contribution >= 4 is 11.6 Å². The van der Waals surface area contributed by atoms with E-state index >= 15 is 0 Å². The summed E-state index contributed by atoms with van der Waals surface area (Å²) in [5, 5.41) is 0. The molecule has 0 saturated heterocycles. The standard InChI is InChI=1S/C7H13ClF3N/c1-6(2)12(4-3-8)5-7(9,10)11/h6H,3-5H2,1-2H3. The molecule has 74 valence electrons. The quantitative estimate of drug-likeness (QED) is 0.635. The van der Waals surface area contributed by atoms with E-state index in [4.69, 9.17) is 11.6 Å². The van der Waals surface area contributed by atoms with Crippen LogP contribution in [0, 0.1) is 0 Å². The van der Waals surface area contributed by atoms with Crippen molar-refractivity contribution in [2.45, 2.75) is 26.1 Å². The average Bonchev–Trinajstić information content (AvgIpc) is 1.83. The van der Waals surface area contributed by atoms with Gasteiger partial charge in [0.1, 0.15) is 0 Å². The molecule has 1 nitrogen and oxygen atoms in total. The van der Waals surface area contributed by atoms with Gasteiger partial charge in [0.05, 0.1) is 6.54 Å². The molecular weight excluding hydrogens is 191 g/mol. The first-order chi connectivity index (χ1) is 5.37. The summed E-state index contributed by atoms with van der Waals surface area (Å²) in [7, 11) is 0. The summed E-state index contributed by atoms with van der Waals surface area (Å²) in [6, 6.07) is -0.120. The van der Waals surface area contributed by atoms with Crippen LogP contribution in [-0.4, -0.2) is 36.1 Å². The lowest BCUT2D eigenvalue weighted by molar-refractivity contribution is -0.148. The van der Waals surface area contributed by atoms with E-state index in [1.165, 1.54) is 4.90 Å². The first-order valence-corrected chi connectivity index (χ1v) is 4.27. The van der Waals surface area contributed by atoms with Crippen molar-refractivity contribution in [3.05, 3.63) is 0 Å². The lowest BCUT2D eigenvalue weighted by atomic mass is 10.3. The van der Waals surface area contributed by atoms with E-state index < -0.39 is 12.7 Å². The minimum atomic E-state index is -4.13. The highest BCUT2D eigenvalue weighted by Crippen LogP contribution is 2.17. The molecule has 0 atom stereocenters. The maximum Gasteiger partial charge on any atom is 0.401 e. The van der Waals surface area contributed by atoms with Crippen LogP contribution in [0.3, 0.4) is 0 Å². The molecule has 0 aromatic rings. The van der Waals surface area contributed by atoms with Crippen LogP contribution < -0.4 is 0 Å². The van der Waals surface area contributed by atoms with Gasteiger partial charge in [-0.1, -0.05) is 0 Å². The molecule has 0 bridgehead atoms. The van der Waals surface area contributed by atoms with E-state index in [0.29, 0.717) is 0 Å². The minimum absolute atomic E-state index is 0.120. The fourth-order valence-corrected chi connectivity index (χ4v) is 1.08. The van der Waals surface area contributed by atoms with E-state index in [2.05, 4.69) is 0 Å². The zero-order chi connectivity index (χ0) is 9.78. The third kappa shape index (κ3) is 5.66. The van der Waals surface area contributed by atoms with Crippen LogP contribution in [0.4, 0.5) is 13.2 Å². The first-order valence-electron chi connectivity index (χ1n) is 3.73. The van der Waals surface area contributed by atoms with Gasteiger partial charge in [-0.2, -0.15) is 13.2 Å². The molecule has 0 heterocycles. The molecule has 0 amide bonds. The number of halogens is 4. The van der Waals surface area contributed by atoms with Crippen molar-refractivity contribution in [3.8, 4) is 0 Å². The monoisotopic (exact) mass is 203 g/mol. The second-order valence-electron chi connectivity index (χ2n) is 2.87. The van der Waals surface area contributed by atoms with E-state index in [9.17, 15) is 13.2 Å². The van der Waals surface area contributed by atoms with Gasteiger partial charge in [-0.25, -0.2) is 0 Å². The van der Waals surface area contributed by atoms with Crippen LogP contribution in [-0.2, 0) is 0 Å². The molecule has 0 unspecified atom stereocenters. The Labute approximate surface area is 75.5 Å². The zero-order valence-corrected chi connectivity index (χ0v) is 7.91. The molecule has 0 aromatic heterocycles. The molecule has 0 rings (SSSR count). The zero-order valence-electron chi connectivity index (χ0n) is 7.16. The Balaban J connectivity index is 3.95. The molecule has 0 spiro atoms. The lowest BCUT2D eigenvalue weighted by Crippen LogP contribution is -2.40. The number of hydrogen-bond donors (Lipinski definition) is 0. The fourth-order valence-electron chi connectivity index (χ4n) is 0.859. The molecule has 0 aromatic carbocycles. The smallest absolute Gasteiger partial charge is 0.291 e. The van der Waals surface area contributed by atoms with Crippen LogP contribution in [0.15, 0.2) is 0 Å². The van der Waals surface area contributed by atoms with Gasteiger partial charge >= 0.3 is 6.18 Å². The third-order valence-corrected chi connectivity index (χ3v) is 1.65. The largest absolute Gasteiger partial charge is 0.401 e. The maximum absolute atomic E-state index is 11.9. The minimum Gasteiger partial charge on any atom is -0.291 e. The van der Waals surface area contributed by atoms with Gasteiger partial charge in [0, 0.05) is 18.5 Å². The Morgan fingerprint density at radius 2 is 1.83 bits per heavy atom. The van der Waals surface area contributed by atoms with Crippen LogP contribution in [0.2, 0.25) is 0 Å². The Morgan fingerprint density at radius 3 is 2.08 bits per heavy atom. The van der Waals surface area contributed by atoms with Gasteiger partial charge in [-0.3, -0.25) is 4.90 Å². The predicted octanol–water partition coefficient (Wildman–Crippen LogP) is 2.50. The van der Waals surface area contributed by atoms with Gasteiger partial charge in [-0.15, -0.1) is 11.6 Å². The summed E-state index contributed by atoms with van der Waals surface area (Å²) in [5.74, 6) is 0.230. The van der Waals surface area contributed by atoms with Crippen molar-refractivity contribution in [1.82, 2.24) is 4.90 Å². The van der Waals surface area contributed by atoms with Crippen LogP contribution >= 0.6 is 11.6 Å². The van der Waals surface area contributed by atoms with Crippen molar-refractivity contribution < 1.29 is 13.2 Å². The molecule has 0 aliphatic rings. The molecule has 0 aliphatic carbocycles. The Morgan fingerprint density at radius 1 is 1.33 bits per heavy atom. The highest BCUT2D eigenvalue weighted by Gasteiger charge is 2.31. The summed E-state index contributed by atoms with van der Waals surface area (Å²) in [6.07, 6.45) is -4.13. The average molecular weight is 204 g/mol. The molecule has 12 heavy (non-hydrogen) atoms. The predicted molar refractivity (Wildman–Crippen MR) is 43.5 cm³/mol. The maximum atomic E-state index is 11.9. The van der Waals surface area contributed by atoms with E-state index in [1.807, 2.05) is 0 Å². The third-order valence-electron chi connectivity index (χ3n) is 1.48.